The SMILES string of the molecule is C#CCCCNCC1CCN(C(C)C)C1. The van der Waals surface area contributed by atoms with Crippen molar-refractivity contribution in [2.75, 3.05) is 26.2 Å². The molecule has 1 saturated heterocycles. The van der Waals surface area contributed by atoms with Gasteiger partial charge in [-0.05, 0) is 52.2 Å². The van der Waals surface area contributed by atoms with Crippen LogP contribution in [-0.4, -0.2) is 37.1 Å². The molecule has 2 nitrogen and oxygen atoms in total. The molecule has 1 aliphatic heterocycles. The molecule has 1 rings (SSSR count). The van der Waals surface area contributed by atoms with Crippen LogP contribution in [0.25, 0.3) is 0 Å². The van der Waals surface area contributed by atoms with Crippen LogP contribution in [0.3, 0.4) is 0 Å². The van der Waals surface area contributed by atoms with Crippen molar-refractivity contribution in [1.29, 1.82) is 0 Å². The lowest BCUT2D eigenvalue weighted by Gasteiger charge is -2.20. The van der Waals surface area contributed by atoms with Crippen LogP contribution in [0.2, 0.25) is 0 Å². The van der Waals surface area contributed by atoms with Crippen LogP contribution in [0.15, 0.2) is 0 Å². The molecule has 0 aromatic carbocycles. The van der Waals surface area contributed by atoms with E-state index in [9.17, 15) is 0 Å². The molecule has 0 radical (unpaired) electrons. The van der Waals surface area contributed by atoms with Gasteiger partial charge in [0, 0.05) is 19.0 Å². The highest BCUT2D eigenvalue weighted by atomic mass is 15.2. The van der Waals surface area contributed by atoms with Gasteiger partial charge >= 0.3 is 0 Å². The number of nitrogens with one attached hydrogen (secondary N) is 1. The lowest BCUT2D eigenvalue weighted by molar-refractivity contribution is 0.264. The van der Waals surface area contributed by atoms with Gasteiger partial charge in [0.1, 0.15) is 0 Å². The van der Waals surface area contributed by atoms with Crippen molar-refractivity contribution in [3.63, 3.8) is 0 Å². The number of terminal acetylenes is 1. The maximum atomic E-state index is 5.20. The largest absolute Gasteiger partial charge is 0.316 e. The van der Waals surface area contributed by atoms with Gasteiger partial charge in [0.15, 0.2) is 0 Å². The lowest BCUT2D eigenvalue weighted by Crippen LogP contribution is -2.30. The predicted molar refractivity (Wildman–Crippen MR) is 65.8 cm³/mol. The van der Waals surface area contributed by atoms with Crippen LogP contribution in [0, 0.1) is 18.3 Å². The molecule has 1 aliphatic rings. The minimum atomic E-state index is 0.705. The summed E-state index contributed by atoms with van der Waals surface area (Å²) in [6.07, 6.45) is 8.55. The zero-order valence-corrected chi connectivity index (χ0v) is 10.1. The summed E-state index contributed by atoms with van der Waals surface area (Å²) in [5.74, 6) is 3.52. The van der Waals surface area contributed by atoms with Crippen LogP contribution in [-0.2, 0) is 0 Å². The molecule has 0 saturated carbocycles. The van der Waals surface area contributed by atoms with Gasteiger partial charge in [0.25, 0.3) is 0 Å². The van der Waals surface area contributed by atoms with Crippen LogP contribution in [0.4, 0.5) is 0 Å². The first-order valence-electron chi connectivity index (χ1n) is 6.12. The first-order chi connectivity index (χ1) is 7.24. The van der Waals surface area contributed by atoms with Gasteiger partial charge in [-0.3, -0.25) is 0 Å². The maximum Gasteiger partial charge on any atom is 0.00981 e. The minimum Gasteiger partial charge on any atom is -0.316 e. The van der Waals surface area contributed by atoms with Crippen LogP contribution in [0.5, 0.6) is 0 Å². The molecule has 0 amide bonds. The van der Waals surface area contributed by atoms with E-state index < -0.39 is 0 Å². The number of nitrogens with zero attached hydrogens (tertiary/aromatic N) is 1. The lowest BCUT2D eigenvalue weighted by atomic mass is 10.1. The van der Waals surface area contributed by atoms with Gasteiger partial charge in [-0.15, -0.1) is 12.3 Å². The standard InChI is InChI=1S/C13H24N2/c1-4-5-6-8-14-10-13-7-9-15(11-13)12(2)3/h1,12-14H,5-11H2,2-3H3. The molecule has 2 heteroatoms. The van der Waals surface area contributed by atoms with Crippen molar-refractivity contribution in [3.8, 4) is 12.3 Å². The quantitative estimate of drug-likeness (QED) is 0.528. The third-order valence-electron chi connectivity index (χ3n) is 3.16. The molecular weight excluding hydrogens is 184 g/mol. The molecule has 1 heterocycles. The Morgan fingerprint density at radius 2 is 2.33 bits per heavy atom. The fourth-order valence-corrected chi connectivity index (χ4v) is 2.12. The number of hydrogen-bond donors (Lipinski definition) is 1. The first kappa shape index (κ1) is 12.5. The van der Waals surface area contributed by atoms with Crippen LogP contribution < -0.4 is 5.32 Å². The second kappa shape index (κ2) is 6.87. The summed E-state index contributed by atoms with van der Waals surface area (Å²) >= 11 is 0. The Hall–Kier alpha value is -0.520. The summed E-state index contributed by atoms with van der Waals surface area (Å²) in [5.41, 5.74) is 0. The summed E-state index contributed by atoms with van der Waals surface area (Å²) in [5, 5.41) is 3.50. The summed E-state index contributed by atoms with van der Waals surface area (Å²) in [4.78, 5) is 2.56. The molecule has 0 spiro atoms. The molecule has 0 aromatic rings. The Morgan fingerprint density at radius 1 is 1.53 bits per heavy atom. The molecule has 1 atom stereocenters. The number of likely N-dealkylation sites (tertiary alicyclic amines) is 1. The van der Waals surface area contributed by atoms with E-state index in [1.165, 1.54) is 19.5 Å². The van der Waals surface area contributed by atoms with Crippen molar-refractivity contribution >= 4 is 0 Å². The van der Waals surface area contributed by atoms with Crippen molar-refractivity contribution < 1.29 is 0 Å². The van der Waals surface area contributed by atoms with Gasteiger partial charge in [0.05, 0.1) is 0 Å². The van der Waals surface area contributed by atoms with Gasteiger partial charge < -0.3 is 10.2 Å². The Balaban J connectivity index is 2.02. The monoisotopic (exact) mass is 208 g/mol. The Morgan fingerprint density at radius 3 is 2.93 bits per heavy atom. The third kappa shape index (κ3) is 4.68. The Labute approximate surface area is 94.4 Å². The Bertz CT molecular complexity index is 205. The van der Waals surface area contributed by atoms with E-state index in [-0.39, 0.29) is 0 Å². The highest BCUT2D eigenvalue weighted by Gasteiger charge is 2.23. The second-order valence-electron chi connectivity index (χ2n) is 4.76. The fraction of sp³-hybridized carbons (Fsp3) is 0.846. The molecular formula is C13H24N2. The molecule has 1 N–H and O–H groups in total. The van der Waals surface area contributed by atoms with Crippen molar-refractivity contribution in [1.82, 2.24) is 10.2 Å². The number of unbranched alkanes of at least 4 members (excludes halogenated alkanes) is 1. The Kier molecular flexibility index (Phi) is 5.75. The summed E-state index contributed by atoms with van der Waals surface area (Å²) in [6.45, 7) is 9.33. The van der Waals surface area contributed by atoms with Gasteiger partial charge in [-0.25, -0.2) is 0 Å². The molecule has 86 valence electrons. The van der Waals surface area contributed by atoms with Gasteiger partial charge in [0.2, 0.25) is 0 Å². The number of rotatable bonds is 6. The van der Waals surface area contributed by atoms with Crippen LogP contribution in [0.1, 0.15) is 33.1 Å². The van der Waals surface area contributed by atoms with E-state index in [1.807, 2.05) is 0 Å². The average molecular weight is 208 g/mol. The fourth-order valence-electron chi connectivity index (χ4n) is 2.12. The van der Waals surface area contributed by atoms with E-state index in [1.54, 1.807) is 0 Å². The van der Waals surface area contributed by atoms with Gasteiger partial charge in [-0.2, -0.15) is 0 Å². The molecule has 1 unspecified atom stereocenters. The van der Waals surface area contributed by atoms with Crippen molar-refractivity contribution in [3.05, 3.63) is 0 Å². The van der Waals surface area contributed by atoms with Gasteiger partial charge in [-0.1, -0.05) is 0 Å². The number of hydrogen-bond acceptors (Lipinski definition) is 2. The summed E-state index contributed by atoms with van der Waals surface area (Å²) in [7, 11) is 0. The second-order valence-corrected chi connectivity index (χ2v) is 4.76. The first-order valence-corrected chi connectivity index (χ1v) is 6.12. The normalized spacial score (nSPS) is 22.1. The summed E-state index contributed by atoms with van der Waals surface area (Å²) in [6, 6.07) is 0.705. The molecule has 0 bridgehead atoms. The van der Waals surface area contributed by atoms with E-state index in [2.05, 4.69) is 30.0 Å². The topological polar surface area (TPSA) is 15.3 Å². The zero-order valence-electron chi connectivity index (χ0n) is 10.1. The van der Waals surface area contributed by atoms with E-state index in [0.717, 1.165) is 31.8 Å². The predicted octanol–water partition coefficient (Wildman–Crippen LogP) is 1.72. The van der Waals surface area contributed by atoms with Crippen LogP contribution >= 0.6 is 0 Å². The smallest absolute Gasteiger partial charge is 0.00981 e. The van der Waals surface area contributed by atoms with Crippen molar-refractivity contribution in [2.45, 2.75) is 39.2 Å². The molecule has 0 aliphatic carbocycles. The van der Waals surface area contributed by atoms with E-state index >= 15 is 0 Å². The van der Waals surface area contributed by atoms with E-state index in [0.29, 0.717) is 6.04 Å². The molecule has 0 aromatic heterocycles. The van der Waals surface area contributed by atoms with Crippen molar-refractivity contribution in [2.24, 2.45) is 5.92 Å². The highest BCUT2D eigenvalue weighted by molar-refractivity contribution is 4.83. The minimum absolute atomic E-state index is 0.705. The van der Waals surface area contributed by atoms with E-state index in [4.69, 9.17) is 6.42 Å². The maximum absolute atomic E-state index is 5.20. The molecule has 1 fully saturated rings. The summed E-state index contributed by atoms with van der Waals surface area (Å²) < 4.78 is 0. The average Bonchev–Trinajstić information content (AvgIpc) is 2.66. The zero-order chi connectivity index (χ0) is 11.1. The third-order valence-corrected chi connectivity index (χ3v) is 3.16. The molecule has 15 heavy (non-hydrogen) atoms. The highest BCUT2D eigenvalue weighted by Crippen LogP contribution is 2.17.